The van der Waals surface area contributed by atoms with Gasteiger partial charge in [0.2, 0.25) is 0 Å². The average molecular weight is 593 g/mol. The molecule has 0 aliphatic heterocycles. The van der Waals surface area contributed by atoms with Gasteiger partial charge in [0.25, 0.3) is 0 Å². The molecule has 0 spiro atoms. The lowest BCUT2D eigenvalue weighted by atomic mass is 10.0. The Morgan fingerprint density at radius 2 is 0.548 bits per heavy atom. The maximum absolute atomic E-state index is 10.5. The number of aliphatic carboxylic acids is 2. The van der Waals surface area contributed by atoms with Gasteiger partial charge >= 0.3 is 11.9 Å². The first-order valence-electron chi connectivity index (χ1n) is 18.7. The zero-order valence-corrected chi connectivity index (χ0v) is 27.9. The van der Waals surface area contributed by atoms with Crippen LogP contribution in [0.4, 0.5) is 0 Å². The van der Waals surface area contributed by atoms with E-state index in [9.17, 15) is 9.59 Å². The van der Waals surface area contributed by atoms with E-state index >= 15 is 0 Å². The Hall–Kier alpha value is -1.32. The molecular formula is C38H72O4. The third-order valence-corrected chi connectivity index (χ3v) is 8.77. The van der Waals surface area contributed by atoms with Gasteiger partial charge in [0.1, 0.15) is 0 Å². The lowest BCUT2D eigenvalue weighted by molar-refractivity contribution is -0.137. The van der Waals surface area contributed by atoms with Crippen molar-refractivity contribution in [3.8, 4) is 0 Å². The van der Waals surface area contributed by atoms with Gasteiger partial charge in [-0.3, -0.25) is 4.79 Å². The van der Waals surface area contributed by atoms with E-state index in [0.717, 1.165) is 25.7 Å². The summed E-state index contributed by atoms with van der Waals surface area (Å²) in [7, 11) is 0. The number of carboxylic acids is 2. The van der Waals surface area contributed by atoms with Gasteiger partial charge in [0.05, 0.1) is 0 Å². The highest BCUT2D eigenvalue weighted by Gasteiger charge is 1.98. The highest BCUT2D eigenvalue weighted by atomic mass is 16.4. The van der Waals surface area contributed by atoms with Gasteiger partial charge in [-0.25, -0.2) is 4.79 Å². The number of carbonyl (C=O) groups is 2. The molecule has 42 heavy (non-hydrogen) atoms. The monoisotopic (exact) mass is 593 g/mol. The summed E-state index contributed by atoms with van der Waals surface area (Å²) >= 11 is 0. The minimum absolute atomic E-state index is 0.339. The Morgan fingerprint density at radius 1 is 0.333 bits per heavy atom. The van der Waals surface area contributed by atoms with Gasteiger partial charge in [-0.15, -0.1) is 0 Å². The van der Waals surface area contributed by atoms with Crippen LogP contribution in [0.25, 0.3) is 0 Å². The van der Waals surface area contributed by atoms with Crippen LogP contribution >= 0.6 is 0 Å². The predicted octanol–water partition coefficient (Wildman–Crippen LogP) is 13.0. The van der Waals surface area contributed by atoms with E-state index in [0.29, 0.717) is 6.42 Å². The Balaban J connectivity index is 3.06. The Bertz CT molecular complexity index is 586. The van der Waals surface area contributed by atoms with E-state index in [2.05, 4.69) is 0 Å². The minimum atomic E-state index is -0.834. The van der Waals surface area contributed by atoms with Crippen molar-refractivity contribution in [1.82, 2.24) is 0 Å². The summed E-state index contributed by atoms with van der Waals surface area (Å²) in [6.45, 7) is 0. The van der Waals surface area contributed by atoms with Crippen LogP contribution in [0.2, 0.25) is 0 Å². The molecule has 2 N–H and O–H groups in total. The first-order chi connectivity index (χ1) is 20.6. The van der Waals surface area contributed by atoms with Crippen molar-refractivity contribution in [2.45, 2.75) is 218 Å². The van der Waals surface area contributed by atoms with E-state index < -0.39 is 11.9 Å². The first-order valence-corrected chi connectivity index (χ1v) is 18.7. The summed E-state index contributed by atoms with van der Waals surface area (Å²) in [4.78, 5) is 20.9. The molecule has 0 amide bonds. The van der Waals surface area contributed by atoms with Gasteiger partial charge in [-0.1, -0.05) is 199 Å². The molecule has 4 nitrogen and oxygen atoms in total. The zero-order chi connectivity index (χ0) is 30.6. The summed E-state index contributed by atoms with van der Waals surface area (Å²) in [5.41, 5.74) is 0. The standard InChI is InChI=1S/C38H72O4/c39-37(40)35-33-31-29-27-25-23-21-19-17-15-13-11-9-7-5-3-1-2-4-6-8-10-12-14-16-18-20-22-24-26-28-30-32-34-36-38(41)42/h33,35H,1-32,34,36H2,(H,39,40)(H,41,42). The molecule has 0 radical (unpaired) electrons. The van der Waals surface area contributed by atoms with Crippen molar-refractivity contribution in [1.29, 1.82) is 0 Å². The number of unbranched alkanes of at least 4 members (excludes halogenated alkanes) is 32. The number of carboxylic acid groups (broad SMARTS) is 2. The number of rotatable bonds is 36. The molecule has 0 unspecified atom stereocenters. The maximum atomic E-state index is 10.5. The second kappa shape index (κ2) is 35.9. The number of hydrogen-bond donors (Lipinski definition) is 2. The molecule has 0 rings (SSSR count). The van der Waals surface area contributed by atoms with E-state index in [1.54, 1.807) is 6.08 Å². The van der Waals surface area contributed by atoms with Crippen LogP contribution in [0, 0.1) is 0 Å². The second-order valence-corrected chi connectivity index (χ2v) is 13.0. The largest absolute Gasteiger partial charge is 0.481 e. The normalized spacial score (nSPS) is 11.5. The average Bonchev–Trinajstić information content (AvgIpc) is 2.96. The van der Waals surface area contributed by atoms with Crippen molar-refractivity contribution < 1.29 is 19.8 Å². The second-order valence-electron chi connectivity index (χ2n) is 13.0. The molecule has 0 aromatic rings. The molecule has 0 aliphatic carbocycles. The van der Waals surface area contributed by atoms with Crippen molar-refractivity contribution in [2.24, 2.45) is 0 Å². The topological polar surface area (TPSA) is 74.6 Å². The zero-order valence-electron chi connectivity index (χ0n) is 27.9. The molecule has 4 heteroatoms. The molecule has 0 atom stereocenters. The molecule has 248 valence electrons. The quantitative estimate of drug-likeness (QED) is 0.0560. The Kier molecular flexibility index (Phi) is 34.7. The molecule has 0 aromatic heterocycles. The summed E-state index contributed by atoms with van der Waals surface area (Å²) in [6, 6.07) is 0. The molecule has 0 fully saturated rings. The van der Waals surface area contributed by atoms with Crippen molar-refractivity contribution in [3.63, 3.8) is 0 Å². The number of hydrogen-bond acceptors (Lipinski definition) is 2. The van der Waals surface area contributed by atoms with Gasteiger partial charge in [-0.05, 0) is 19.3 Å². The van der Waals surface area contributed by atoms with Gasteiger partial charge in [0.15, 0.2) is 0 Å². The lowest BCUT2D eigenvalue weighted by Gasteiger charge is -2.05. The van der Waals surface area contributed by atoms with Gasteiger partial charge in [-0.2, -0.15) is 0 Å². The summed E-state index contributed by atoms with van der Waals surface area (Å²) in [5.74, 6) is -1.49. The van der Waals surface area contributed by atoms with Crippen LogP contribution < -0.4 is 0 Å². The van der Waals surface area contributed by atoms with Crippen LogP contribution in [-0.4, -0.2) is 22.2 Å². The maximum Gasteiger partial charge on any atom is 0.327 e. The van der Waals surface area contributed by atoms with Crippen LogP contribution in [-0.2, 0) is 9.59 Å². The van der Waals surface area contributed by atoms with Crippen molar-refractivity contribution in [3.05, 3.63) is 12.2 Å². The molecule has 0 saturated carbocycles. The summed E-state index contributed by atoms with van der Waals surface area (Å²) in [5, 5.41) is 17.2. The number of allylic oxidation sites excluding steroid dienone is 1. The highest BCUT2D eigenvalue weighted by Crippen LogP contribution is 2.17. The minimum Gasteiger partial charge on any atom is -0.481 e. The van der Waals surface area contributed by atoms with Gasteiger partial charge in [0, 0.05) is 12.5 Å². The Morgan fingerprint density at radius 3 is 0.762 bits per heavy atom. The van der Waals surface area contributed by atoms with Crippen molar-refractivity contribution >= 4 is 11.9 Å². The fraction of sp³-hybridized carbons (Fsp3) is 0.895. The molecule has 0 aromatic carbocycles. The highest BCUT2D eigenvalue weighted by molar-refractivity contribution is 5.79. The van der Waals surface area contributed by atoms with E-state index in [-0.39, 0.29) is 0 Å². The lowest BCUT2D eigenvalue weighted by Crippen LogP contribution is -1.93. The van der Waals surface area contributed by atoms with Crippen molar-refractivity contribution in [2.75, 3.05) is 0 Å². The molecule has 0 saturated heterocycles. The predicted molar refractivity (Wildman–Crippen MR) is 181 cm³/mol. The third-order valence-electron chi connectivity index (χ3n) is 8.77. The van der Waals surface area contributed by atoms with E-state index in [4.69, 9.17) is 10.2 Å². The molecular weight excluding hydrogens is 520 g/mol. The van der Waals surface area contributed by atoms with Crippen LogP contribution in [0.15, 0.2) is 12.2 Å². The van der Waals surface area contributed by atoms with E-state index in [1.165, 1.54) is 192 Å². The van der Waals surface area contributed by atoms with Gasteiger partial charge < -0.3 is 10.2 Å². The fourth-order valence-corrected chi connectivity index (χ4v) is 6.03. The van der Waals surface area contributed by atoms with Crippen LogP contribution in [0.3, 0.4) is 0 Å². The fourth-order valence-electron chi connectivity index (χ4n) is 6.03. The Labute approximate surface area is 261 Å². The first kappa shape index (κ1) is 40.7. The third kappa shape index (κ3) is 38.7. The molecule has 0 heterocycles. The molecule has 0 aliphatic rings. The smallest absolute Gasteiger partial charge is 0.327 e. The SMILES string of the molecule is O=C(O)C=CCCCCCCCCCCCCCCCCCCCCCCCCCCCCCCCCCCC(=O)O. The summed E-state index contributed by atoms with van der Waals surface area (Å²) in [6.07, 6.45) is 47.8. The summed E-state index contributed by atoms with van der Waals surface area (Å²) < 4.78 is 0. The molecule has 0 bridgehead atoms. The van der Waals surface area contributed by atoms with Crippen LogP contribution in [0.1, 0.15) is 218 Å². The van der Waals surface area contributed by atoms with Crippen LogP contribution in [0.5, 0.6) is 0 Å². The van der Waals surface area contributed by atoms with E-state index in [1.807, 2.05) is 0 Å².